The second kappa shape index (κ2) is 6.88. The molecule has 0 aliphatic carbocycles. The minimum Gasteiger partial charge on any atom is -0.492 e. The summed E-state index contributed by atoms with van der Waals surface area (Å²) in [6.45, 7) is 4.09. The van der Waals surface area contributed by atoms with Gasteiger partial charge in [-0.25, -0.2) is 4.98 Å². The number of hydrogen-bond donors (Lipinski definition) is 0. The molecule has 24 heavy (non-hydrogen) atoms. The maximum atomic E-state index is 5.93. The minimum atomic E-state index is 0.371. The average Bonchev–Trinajstić information content (AvgIpc) is 3.23. The number of aromatic nitrogens is 3. The van der Waals surface area contributed by atoms with E-state index < -0.39 is 0 Å². The van der Waals surface area contributed by atoms with Crippen LogP contribution in [0.2, 0.25) is 0 Å². The zero-order chi connectivity index (χ0) is 16.2. The zero-order valence-electron chi connectivity index (χ0n) is 13.4. The Hall–Kier alpha value is -2.60. The monoisotopic (exact) mass is 324 g/mol. The molecule has 3 aromatic heterocycles. The highest BCUT2D eigenvalue weighted by molar-refractivity contribution is 5.15. The Bertz CT molecular complexity index is 754. The van der Waals surface area contributed by atoms with Crippen molar-refractivity contribution in [1.29, 1.82) is 0 Å². The number of hydrogen-bond acceptors (Lipinski definition) is 5. The van der Waals surface area contributed by atoms with Crippen LogP contribution in [0.5, 0.6) is 5.75 Å². The molecule has 0 spiro atoms. The Labute approximate surface area is 140 Å². The molecule has 4 rings (SSSR count). The Morgan fingerprint density at radius 3 is 3.04 bits per heavy atom. The van der Waals surface area contributed by atoms with Gasteiger partial charge in [-0.2, -0.15) is 0 Å². The predicted octanol–water partition coefficient (Wildman–Crippen LogP) is 2.58. The van der Waals surface area contributed by atoms with Gasteiger partial charge in [-0.1, -0.05) is 0 Å². The number of pyridine rings is 1. The number of furan rings is 1. The van der Waals surface area contributed by atoms with Gasteiger partial charge in [0.25, 0.3) is 0 Å². The fourth-order valence-electron chi connectivity index (χ4n) is 3.12. The van der Waals surface area contributed by atoms with Gasteiger partial charge in [0.15, 0.2) is 0 Å². The third-order valence-corrected chi connectivity index (χ3v) is 4.22. The highest BCUT2D eigenvalue weighted by Crippen LogP contribution is 2.19. The van der Waals surface area contributed by atoms with E-state index in [-0.39, 0.29) is 0 Å². The third-order valence-electron chi connectivity index (χ3n) is 4.22. The van der Waals surface area contributed by atoms with Gasteiger partial charge in [-0.15, -0.1) is 0 Å². The molecule has 1 atom stereocenters. The van der Waals surface area contributed by atoms with E-state index in [4.69, 9.17) is 9.15 Å². The predicted molar refractivity (Wildman–Crippen MR) is 88.3 cm³/mol. The molecule has 1 aliphatic rings. The third kappa shape index (κ3) is 3.49. The van der Waals surface area contributed by atoms with Crippen LogP contribution in [0.1, 0.15) is 11.6 Å². The van der Waals surface area contributed by atoms with E-state index in [1.807, 2.05) is 36.7 Å². The van der Waals surface area contributed by atoms with E-state index in [0.717, 1.165) is 43.5 Å². The molecule has 0 aromatic carbocycles. The van der Waals surface area contributed by atoms with Crippen molar-refractivity contribution < 1.29 is 9.15 Å². The zero-order valence-corrected chi connectivity index (χ0v) is 13.4. The number of imidazole rings is 1. The van der Waals surface area contributed by atoms with Crippen molar-refractivity contribution in [3.05, 3.63) is 66.9 Å². The standard InChI is InChI=1S/C18H20N4O2/c1-3-16(9-19-5-1)24-14-15-10-21(12-17-4-2-8-23-17)13-18-20-6-7-22(18)11-15/h1-9,15H,10-14H2/t15-/m1/s1. The van der Waals surface area contributed by atoms with Crippen LogP contribution >= 0.6 is 0 Å². The molecule has 1 aliphatic heterocycles. The van der Waals surface area contributed by atoms with Crippen molar-refractivity contribution in [3.8, 4) is 5.75 Å². The van der Waals surface area contributed by atoms with Crippen molar-refractivity contribution in [1.82, 2.24) is 19.4 Å². The van der Waals surface area contributed by atoms with E-state index in [0.29, 0.717) is 12.5 Å². The van der Waals surface area contributed by atoms with E-state index in [9.17, 15) is 0 Å². The molecule has 0 unspecified atom stereocenters. The van der Waals surface area contributed by atoms with Gasteiger partial charge in [0, 0.05) is 37.6 Å². The summed E-state index contributed by atoms with van der Waals surface area (Å²) in [5.74, 6) is 3.24. The van der Waals surface area contributed by atoms with Gasteiger partial charge in [0.1, 0.15) is 17.3 Å². The Kier molecular flexibility index (Phi) is 4.29. The van der Waals surface area contributed by atoms with Crippen LogP contribution in [0.25, 0.3) is 0 Å². The van der Waals surface area contributed by atoms with Crippen LogP contribution in [0.15, 0.2) is 59.7 Å². The molecule has 6 nitrogen and oxygen atoms in total. The molecule has 0 N–H and O–H groups in total. The normalized spacial score (nSPS) is 18.1. The highest BCUT2D eigenvalue weighted by atomic mass is 16.5. The van der Waals surface area contributed by atoms with Gasteiger partial charge in [-0.05, 0) is 24.3 Å². The first kappa shape index (κ1) is 15.0. The van der Waals surface area contributed by atoms with Crippen LogP contribution in [0.4, 0.5) is 0 Å². The Morgan fingerprint density at radius 2 is 2.21 bits per heavy atom. The maximum absolute atomic E-state index is 5.93. The summed E-state index contributed by atoms with van der Waals surface area (Å²) < 4.78 is 13.7. The molecule has 0 amide bonds. The summed E-state index contributed by atoms with van der Waals surface area (Å²) >= 11 is 0. The molecule has 6 heteroatoms. The van der Waals surface area contributed by atoms with E-state index >= 15 is 0 Å². The Morgan fingerprint density at radius 1 is 1.21 bits per heavy atom. The van der Waals surface area contributed by atoms with Crippen LogP contribution in [0, 0.1) is 5.92 Å². The fraction of sp³-hybridized carbons (Fsp3) is 0.333. The van der Waals surface area contributed by atoms with Gasteiger partial charge < -0.3 is 13.7 Å². The molecular formula is C18H20N4O2. The molecular weight excluding hydrogens is 304 g/mol. The lowest BCUT2D eigenvalue weighted by Crippen LogP contribution is -2.30. The molecule has 0 radical (unpaired) electrons. The van der Waals surface area contributed by atoms with Crippen LogP contribution < -0.4 is 4.74 Å². The number of rotatable bonds is 5. The van der Waals surface area contributed by atoms with Gasteiger partial charge in [0.2, 0.25) is 0 Å². The van der Waals surface area contributed by atoms with Crippen molar-refractivity contribution in [2.75, 3.05) is 13.2 Å². The van der Waals surface area contributed by atoms with Crippen LogP contribution in [-0.4, -0.2) is 32.6 Å². The second-order valence-corrected chi connectivity index (χ2v) is 6.11. The second-order valence-electron chi connectivity index (χ2n) is 6.11. The summed E-state index contributed by atoms with van der Waals surface area (Å²) in [4.78, 5) is 10.9. The molecule has 0 bridgehead atoms. The number of fused-ring (bicyclic) bond motifs is 1. The van der Waals surface area contributed by atoms with Crippen molar-refractivity contribution >= 4 is 0 Å². The number of nitrogens with zero attached hydrogens (tertiary/aromatic N) is 4. The summed E-state index contributed by atoms with van der Waals surface area (Å²) in [6.07, 6.45) is 9.13. The Balaban J connectivity index is 1.46. The molecule has 124 valence electrons. The van der Waals surface area contributed by atoms with Gasteiger partial charge >= 0.3 is 0 Å². The van der Waals surface area contributed by atoms with Gasteiger partial charge in [0.05, 0.1) is 32.2 Å². The fourth-order valence-corrected chi connectivity index (χ4v) is 3.12. The van der Waals surface area contributed by atoms with Crippen LogP contribution in [0.3, 0.4) is 0 Å². The summed E-state index contributed by atoms with van der Waals surface area (Å²) in [5, 5.41) is 0. The first-order valence-electron chi connectivity index (χ1n) is 8.14. The topological polar surface area (TPSA) is 56.3 Å². The number of ether oxygens (including phenoxy) is 1. The largest absolute Gasteiger partial charge is 0.492 e. The van der Waals surface area contributed by atoms with E-state index in [2.05, 4.69) is 19.4 Å². The summed E-state index contributed by atoms with van der Waals surface area (Å²) in [6, 6.07) is 7.77. The van der Waals surface area contributed by atoms with Crippen molar-refractivity contribution in [2.24, 2.45) is 5.92 Å². The van der Waals surface area contributed by atoms with Crippen LogP contribution in [-0.2, 0) is 19.6 Å². The smallest absolute Gasteiger partial charge is 0.137 e. The summed E-state index contributed by atoms with van der Waals surface area (Å²) in [7, 11) is 0. The average molecular weight is 324 g/mol. The summed E-state index contributed by atoms with van der Waals surface area (Å²) in [5.41, 5.74) is 0. The maximum Gasteiger partial charge on any atom is 0.137 e. The molecule has 4 heterocycles. The minimum absolute atomic E-state index is 0.371. The van der Waals surface area contributed by atoms with Crippen molar-refractivity contribution in [3.63, 3.8) is 0 Å². The molecule has 0 saturated carbocycles. The molecule has 0 saturated heterocycles. The van der Waals surface area contributed by atoms with E-state index in [1.54, 1.807) is 18.7 Å². The van der Waals surface area contributed by atoms with Crippen molar-refractivity contribution in [2.45, 2.75) is 19.6 Å². The molecule has 0 fully saturated rings. The first-order chi connectivity index (χ1) is 11.9. The lowest BCUT2D eigenvalue weighted by atomic mass is 10.1. The van der Waals surface area contributed by atoms with Gasteiger partial charge in [-0.3, -0.25) is 9.88 Å². The first-order valence-corrected chi connectivity index (χ1v) is 8.14. The SMILES string of the molecule is c1cncc(OC[C@@H]2CN(Cc3ccco3)Cc3nccn3C2)c1. The quantitative estimate of drug-likeness (QED) is 0.722. The molecule has 3 aromatic rings. The highest BCUT2D eigenvalue weighted by Gasteiger charge is 2.23. The lowest BCUT2D eigenvalue weighted by molar-refractivity contribution is 0.160. The van der Waals surface area contributed by atoms with E-state index in [1.165, 1.54) is 0 Å². The lowest BCUT2D eigenvalue weighted by Gasteiger charge is -2.23.